The normalized spacial score (nSPS) is 34.9. The van der Waals surface area contributed by atoms with Crippen LogP contribution in [0.1, 0.15) is 66.7 Å². The zero-order chi connectivity index (χ0) is 14.1. The Morgan fingerprint density at radius 3 is 2.37 bits per heavy atom. The van der Waals surface area contributed by atoms with Gasteiger partial charge in [0.15, 0.2) is 0 Å². The molecule has 0 aromatic carbocycles. The van der Waals surface area contributed by atoms with Gasteiger partial charge in [-0.1, -0.05) is 40.5 Å². The van der Waals surface area contributed by atoms with E-state index in [4.69, 9.17) is 0 Å². The van der Waals surface area contributed by atoms with Gasteiger partial charge in [0.2, 0.25) is 0 Å². The van der Waals surface area contributed by atoms with Crippen molar-refractivity contribution in [3.63, 3.8) is 0 Å². The van der Waals surface area contributed by atoms with Crippen LogP contribution < -0.4 is 5.32 Å². The van der Waals surface area contributed by atoms with Crippen LogP contribution >= 0.6 is 0 Å². The maximum Gasteiger partial charge on any atom is 0.0278 e. The van der Waals surface area contributed by atoms with Crippen LogP contribution in [0.3, 0.4) is 0 Å². The Kier molecular flexibility index (Phi) is 4.62. The Morgan fingerprint density at radius 2 is 1.84 bits per heavy atom. The molecule has 1 N–H and O–H groups in total. The van der Waals surface area contributed by atoms with Gasteiger partial charge in [-0.2, -0.15) is 0 Å². The van der Waals surface area contributed by atoms with E-state index in [0.29, 0.717) is 17.0 Å². The number of hydrogen-bond acceptors (Lipinski definition) is 2. The molecule has 1 aliphatic carbocycles. The molecule has 2 rings (SSSR count). The molecule has 2 unspecified atom stereocenters. The van der Waals surface area contributed by atoms with Gasteiger partial charge in [0, 0.05) is 31.2 Å². The van der Waals surface area contributed by atoms with Gasteiger partial charge >= 0.3 is 0 Å². The highest BCUT2D eigenvalue weighted by molar-refractivity contribution is 4.98. The fraction of sp³-hybridized carbons (Fsp3) is 1.00. The first-order chi connectivity index (χ1) is 8.84. The third kappa shape index (κ3) is 3.72. The summed E-state index contributed by atoms with van der Waals surface area (Å²) in [4.78, 5) is 2.82. The van der Waals surface area contributed by atoms with Gasteiger partial charge < -0.3 is 5.32 Å². The van der Waals surface area contributed by atoms with Crippen molar-refractivity contribution in [3.05, 3.63) is 0 Å². The third-order valence-electron chi connectivity index (χ3n) is 5.46. The topological polar surface area (TPSA) is 15.3 Å². The number of rotatable bonds is 3. The summed E-state index contributed by atoms with van der Waals surface area (Å²) >= 11 is 0. The van der Waals surface area contributed by atoms with Crippen LogP contribution in [0.5, 0.6) is 0 Å². The fourth-order valence-corrected chi connectivity index (χ4v) is 3.89. The average molecular weight is 266 g/mol. The lowest BCUT2D eigenvalue weighted by molar-refractivity contribution is 0.0161. The van der Waals surface area contributed by atoms with Gasteiger partial charge in [-0.25, -0.2) is 0 Å². The van der Waals surface area contributed by atoms with Gasteiger partial charge in [0.25, 0.3) is 0 Å². The lowest BCUT2D eigenvalue weighted by Gasteiger charge is -2.51. The summed E-state index contributed by atoms with van der Waals surface area (Å²) in [5, 5.41) is 3.82. The fourth-order valence-electron chi connectivity index (χ4n) is 3.89. The first-order valence-electron chi connectivity index (χ1n) is 8.33. The molecule has 1 saturated carbocycles. The average Bonchev–Trinajstić information content (AvgIpc) is 2.80. The Labute approximate surface area is 120 Å². The molecule has 0 bridgehead atoms. The van der Waals surface area contributed by atoms with Crippen LogP contribution in [-0.4, -0.2) is 36.1 Å². The van der Waals surface area contributed by atoms with E-state index in [9.17, 15) is 0 Å². The van der Waals surface area contributed by atoms with Crippen LogP contribution in [0.15, 0.2) is 0 Å². The Hall–Kier alpha value is -0.0800. The standard InChI is InChI=1S/C17H34N2/c1-6-17(5)13-19(12-14-9-7-8-10-14)15(11-18-17)16(2,3)4/h14-15,18H,6-13H2,1-5H3. The maximum absolute atomic E-state index is 3.82. The molecule has 2 fully saturated rings. The summed E-state index contributed by atoms with van der Waals surface area (Å²) in [5.41, 5.74) is 0.695. The molecule has 19 heavy (non-hydrogen) atoms. The molecule has 2 aliphatic rings. The summed E-state index contributed by atoms with van der Waals surface area (Å²) in [5.74, 6) is 0.962. The minimum atomic E-state index is 0.320. The van der Waals surface area contributed by atoms with Crippen molar-refractivity contribution >= 4 is 0 Å². The summed E-state index contributed by atoms with van der Waals surface area (Å²) in [7, 11) is 0. The van der Waals surface area contributed by atoms with Crippen molar-refractivity contribution in [1.82, 2.24) is 10.2 Å². The molecule has 2 nitrogen and oxygen atoms in total. The third-order valence-corrected chi connectivity index (χ3v) is 5.46. The highest BCUT2D eigenvalue weighted by Gasteiger charge is 2.40. The number of hydrogen-bond donors (Lipinski definition) is 1. The van der Waals surface area contributed by atoms with Gasteiger partial charge in [0.05, 0.1) is 0 Å². The van der Waals surface area contributed by atoms with E-state index in [1.165, 1.54) is 45.2 Å². The van der Waals surface area contributed by atoms with E-state index in [0.717, 1.165) is 12.5 Å². The summed E-state index contributed by atoms with van der Waals surface area (Å²) in [6.07, 6.45) is 7.07. The zero-order valence-electron chi connectivity index (χ0n) is 13.8. The van der Waals surface area contributed by atoms with Crippen LogP contribution in [0.25, 0.3) is 0 Å². The summed E-state index contributed by atoms with van der Waals surface area (Å²) in [6, 6.07) is 0.688. The molecule has 0 spiro atoms. The summed E-state index contributed by atoms with van der Waals surface area (Å²) < 4.78 is 0. The van der Waals surface area contributed by atoms with E-state index < -0.39 is 0 Å². The van der Waals surface area contributed by atoms with Crippen molar-refractivity contribution in [2.45, 2.75) is 78.3 Å². The minimum Gasteiger partial charge on any atom is -0.309 e. The second-order valence-electron chi connectivity index (χ2n) is 8.26. The van der Waals surface area contributed by atoms with E-state index in [-0.39, 0.29) is 0 Å². The predicted molar refractivity (Wildman–Crippen MR) is 83.5 cm³/mol. The predicted octanol–water partition coefficient (Wildman–Crippen LogP) is 3.67. The Balaban J connectivity index is 2.06. The number of nitrogens with one attached hydrogen (secondary N) is 1. The monoisotopic (exact) mass is 266 g/mol. The van der Waals surface area contributed by atoms with Crippen LogP contribution in [0, 0.1) is 11.3 Å². The van der Waals surface area contributed by atoms with Crippen LogP contribution in [0.4, 0.5) is 0 Å². The molecule has 1 saturated heterocycles. The van der Waals surface area contributed by atoms with Crippen LogP contribution in [-0.2, 0) is 0 Å². The Bertz CT molecular complexity index is 288. The Morgan fingerprint density at radius 1 is 1.21 bits per heavy atom. The molecule has 0 aromatic heterocycles. The first-order valence-corrected chi connectivity index (χ1v) is 8.33. The molecule has 0 aromatic rings. The van der Waals surface area contributed by atoms with E-state index >= 15 is 0 Å². The number of nitrogens with zero attached hydrogens (tertiary/aromatic N) is 1. The van der Waals surface area contributed by atoms with Crippen molar-refractivity contribution < 1.29 is 0 Å². The molecule has 0 radical (unpaired) electrons. The SMILES string of the molecule is CCC1(C)CN(CC2CCCC2)C(C(C)(C)C)CN1. The van der Waals surface area contributed by atoms with E-state index in [1.54, 1.807) is 0 Å². The molecule has 1 aliphatic heterocycles. The largest absolute Gasteiger partial charge is 0.309 e. The highest BCUT2D eigenvalue weighted by atomic mass is 15.3. The van der Waals surface area contributed by atoms with Gasteiger partial charge in [-0.05, 0) is 37.5 Å². The van der Waals surface area contributed by atoms with Gasteiger partial charge in [-0.15, -0.1) is 0 Å². The lowest BCUT2D eigenvalue weighted by Crippen LogP contribution is -2.66. The summed E-state index contributed by atoms with van der Waals surface area (Å²) in [6.45, 7) is 15.6. The number of piperazine rings is 1. The second kappa shape index (κ2) is 5.73. The van der Waals surface area contributed by atoms with Crippen molar-refractivity contribution in [2.75, 3.05) is 19.6 Å². The van der Waals surface area contributed by atoms with E-state index in [2.05, 4.69) is 44.8 Å². The van der Waals surface area contributed by atoms with Gasteiger partial charge in [-0.3, -0.25) is 4.90 Å². The van der Waals surface area contributed by atoms with Crippen molar-refractivity contribution in [2.24, 2.45) is 11.3 Å². The first kappa shape index (κ1) is 15.3. The maximum atomic E-state index is 3.82. The minimum absolute atomic E-state index is 0.320. The zero-order valence-corrected chi connectivity index (χ0v) is 13.8. The highest BCUT2D eigenvalue weighted by Crippen LogP contribution is 2.33. The lowest BCUT2D eigenvalue weighted by atomic mass is 9.81. The molecule has 2 atom stereocenters. The smallest absolute Gasteiger partial charge is 0.0278 e. The van der Waals surface area contributed by atoms with Gasteiger partial charge in [0.1, 0.15) is 0 Å². The second-order valence-corrected chi connectivity index (χ2v) is 8.26. The molecule has 0 amide bonds. The quantitative estimate of drug-likeness (QED) is 0.838. The molecule has 2 heteroatoms. The van der Waals surface area contributed by atoms with Crippen molar-refractivity contribution in [3.8, 4) is 0 Å². The molecule has 112 valence electrons. The molecular formula is C17H34N2. The molecular weight excluding hydrogens is 232 g/mol. The molecule has 1 heterocycles. The van der Waals surface area contributed by atoms with Crippen molar-refractivity contribution in [1.29, 1.82) is 0 Å². The van der Waals surface area contributed by atoms with E-state index in [1.807, 2.05) is 0 Å². The van der Waals surface area contributed by atoms with Crippen LogP contribution in [0.2, 0.25) is 0 Å².